The molecule has 0 aliphatic carbocycles. The molecule has 0 bridgehead atoms. The molecule has 5 nitrogen and oxygen atoms in total. The smallest absolute Gasteiger partial charge is 0.187 e. The Balaban J connectivity index is 2.49. The standard InChI is InChI=1S/C12H19N5S2/c1-4-7-13-11(18)16-15-9-10-8-14-12(19-10)17(5-2)6-3/h4,8-9H,1,5-7H2,2-3H3,(H2,13,16,18)/b15-9-. The number of nitrogens with one attached hydrogen (secondary N) is 2. The monoisotopic (exact) mass is 297 g/mol. The molecule has 0 aliphatic rings. The molecule has 0 saturated carbocycles. The summed E-state index contributed by atoms with van der Waals surface area (Å²) in [5.41, 5.74) is 2.74. The van der Waals surface area contributed by atoms with Crippen molar-refractivity contribution in [1.82, 2.24) is 15.7 Å². The van der Waals surface area contributed by atoms with Crippen LogP contribution in [-0.2, 0) is 0 Å². The summed E-state index contributed by atoms with van der Waals surface area (Å²) in [7, 11) is 0. The Hall–Kier alpha value is -1.47. The Kier molecular flexibility index (Phi) is 7.06. The minimum Gasteiger partial charge on any atom is -0.358 e. The summed E-state index contributed by atoms with van der Waals surface area (Å²) < 4.78 is 0. The summed E-state index contributed by atoms with van der Waals surface area (Å²) in [6.45, 7) is 10.4. The Morgan fingerprint density at radius 3 is 2.95 bits per heavy atom. The lowest BCUT2D eigenvalue weighted by Crippen LogP contribution is -2.31. The Bertz CT molecular complexity index is 437. The van der Waals surface area contributed by atoms with E-state index in [0.717, 1.165) is 23.1 Å². The Morgan fingerprint density at radius 2 is 2.32 bits per heavy atom. The van der Waals surface area contributed by atoms with Crippen LogP contribution in [0.15, 0.2) is 24.0 Å². The van der Waals surface area contributed by atoms with Gasteiger partial charge in [0, 0.05) is 25.8 Å². The lowest BCUT2D eigenvalue weighted by Gasteiger charge is -2.16. The summed E-state index contributed by atoms with van der Waals surface area (Å²) in [6.07, 6.45) is 5.26. The van der Waals surface area contributed by atoms with Crippen molar-refractivity contribution in [2.24, 2.45) is 5.10 Å². The second kappa shape index (κ2) is 8.60. The number of thiazole rings is 1. The number of rotatable bonds is 7. The zero-order chi connectivity index (χ0) is 14.1. The van der Waals surface area contributed by atoms with Crippen molar-refractivity contribution in [3.63, 3.8) is 0 Å². The van der Waals surface area contributed by atoms with Gasteiger partial charge in [0.05, 0.1) is 11.1 Å². The molecule has 0 aromatic carbocycles. The van der Waals surface area contributed by atoms with Crippen molar-refractivity contribution in [1.29, 1.82) is 0 Å². The maximum absolute atomic E-state index is 5.01. The van der Waals surface area contributed by atoms with Gasteiger partial charge in [-0.3, -0.25) is 5.43 Å². The van der Waals surface area contributed by atoms with Gasteiger partial charge in [-0.15, -0.1) is 6.58 Å². The lowest BCUT2D eigenvalue weighted by molar-refractivity contribution is 0.860. The third-order valence-corrected chi connectivity index (χ3v) is 3.54. The summed E-state index contributed by atoms with van der Waals surface area (Å²) >= 11 is 6.62. The van der Waals surface area contributed by atoms with Gasteiger partial charge < -0.3 is 10.2 Å². The van der Waals surface area contributed by atoms with E-state index in [0.29, 0.717) is 11.7 Å². The molecule has 1 rings (SSSR count). The minimum atomic E-state index is 0.477. The minimum absolute atomic E-state index is 0.477. The largest absolute Gasteiger partial charge is 0.358 e. The topological polar surface area (TPSA) is 52.6 Å². The Morgan fingerprint density at radius 1 is 1.58 bits per heavy atom. The van der Waals surface area contributed by atoms with Gasteiger partial charge >= 0.3 is 0 Å². The predicted octanol–water partition coefficient (Wildman–Crippen LogP) is 1.97. The van der Waals surface area contributed by atoms with Gasteiger partial charge in [0.25, 0.3) is 0 Å². The molecule has 0 spiro atoms. The van der Waals surface area contributed by atoms with Crippen LogP contribution in [0.1, 0.15) is 18.7 Å². The third kappa shape index (κ3) is 5.35. The van der Waals surface area contributed by atoms with E-state index in [1.165, 1.54) is 0 Å². The molecule has 0 unspecified atom stereocenters. The highest BCUT2D eigenvalue weighted by Crippen LogP contribution is 2.20. The van der Waals surface area contributed by atoms with E-state index in [9.17, 15) is 0 Å². The van der Waals surface area contributed by atoms with E-state index in [-0.39, 0.29) is 0 Å². The van der Waals surface area contributed by atoms with Crippen LogP contribution in [0.4, 0.5) is 5.13 Å². The van der Waals surface area contributed by atoms with Gasteiger partial charge in [-0.2, -0.15) is 5.10 Å². The highest BCUT2D eigenvalue weighted by molar-refractivity contribution is 7.80. The van der Waals surface area contributed by atoms with Crippen LogP contribution < -0.4 is 15.6 Å². The average Bonchev–Trinajstić information content (AvgIpc) is 2.86. The molecule has 19 heavy (non-hydrogen) atoms. The highest BCUT2D eigenvalue weighted by atomic mass is 32.1. The van der Waals surface area contributed by atoms with E-state index in [2.05, 4.69) is 46.2 Å². The van der Waals surface area contributed by atoms with Gasteiger partial charge in [-0.05, 0) is 26.1 Å². The lowest BCUT2D eigenvalue weighted by atomic mass is 10.6. The zero-order valence-electron chi connectivity index (χ0n) is 11.2. The average molecular weight is 297 g/mol. The van der Waals surface area contributed by atoms with Gasteiger partial charge in [-0.1, -0.05) is 17.4 Å². The molecular weight excluding hydrogens is 278 g/mol. The molecule has 0 saturated heterocycles. The fraction of sp³-hybridized carbons (Fsp3) is 0.417. The fourth-order valence-electron chi connectivity index (χ4n) is 1.34. The van der Waals surface area contributed by atoms with Crippen LogP contribution in [0.3, 0.4) is 0 Å². The van der Waals surface area contributed by atoms with E-state index in [4.69, 9.17) is 12.2 Å². The van der Waals surface area contributed by atoms with Gasteiger partial charge in [0.15, 0.2) is 10.2 Å². The summed E-state index contributed by atoms with van der Waals surface area (Å²) in [5.74, 6) is 0. The number of hydrazone groups is 1. The molecule has 0 atom stereocenters. The van der Waals surface area contributed by atoms with Crippen LogP contribution in [0.25, 0.3) is 0 Å². The van der Waals surface area contributed by atoms with Gasteiger partial charge in [0.1, 0.15) is 0 Å². The van der Waals surface area contributed by atoms with E-state index < -0.39 is 0 Å². The first-order valence-electron chi connectivity index (χ1n) is 6.09. The second-order valence-corrected chi connectivity index (χ2v) is 5.04. The van der Waals surface area contributed by atoms with Crippen molar-refractivity contribution in [2.45, 2.75) is 13.8 Å². The molecule has 2 N–H and O–H groups in total. The predicted molar refractivity (Wildman–Crippen MR) is 87.2 cm³/mol. The molecular formula is C12H19N5S2. The third-order valence-electron chi connectivity index (χ3n) is 2.31. The van der Waals surface area contributed by atoms with Crippen molar-refractivity contribution < 1.29 is 0 Å². The van der Waals surface area contributed by atoms with E-state index in [1.807, 2.05) is 6.20 Å². The van der Waals surface area contributed by atoms with Crippen molar-refractivity contribution in [3.8, 4) is 0 Å². The number of thiocarbonyl (C=S) groups is 1. The second-order valence-electron chi connectivity index (χ2n) is 3.59. The maximum atomic E-state index is 5.01. The first-order valence-corrected chi connectivity index (χ1v) is 7.32. The molecule has 1 aromatic rings. The highest BCUT2D eigenvalue weighted by Gasteiger charge is 2.06. The number of hydrogen-bond acceptors (Lipinski definition) is 5. The van der Waals surface area contributed by atoms with Gasteiger partial charge in [0.2, 0.25) is 0 Å². The molecule has 0 fully saturated rings. The van der Waals surface area contributed by atoms with Crippen LogP contribution in [0.2, 0.25) is 0 Å². The first kappa shape index (κ1) is 15.6. The SMILES string of the molecule is C=CCNC(=S)N/N=C\c1cnc(N(CC)CC)s1. The number of nitrogens with zero attached hydrogens (tertiary/aromatic N) is 3. The number of hydrogen-bond donors (Lipinski definition) is 2. The fourth-order valence-corrected chi connectivity index (χ4v) is 2.39. The van der Waals surface area contributed by atoms with Crippen molar-refractivity contribution >= 4 is 40.0 Å². The van der Waals surface area contributed by atoms with E-state index in [1.54, 1.807) is 23.6 Å². The summed E-state index contributed by atoms with van der Waals surface area (Å²) in [6, 6.07) is 0. The number of anilines is 1. The first-order chi connectivity index (χ1) is 9.21. The molecule has 0 radical (unpaired) electrons. The molecule has 0 amide bonds. The van der Waals surface area contributed by atoms with Gasteiger partial charge in [-0.25, -0.2) is 4.98 Å². The molecule has 0 aliphatic heterocycles. The molecule has 7 heteroatoms. The summed E-state index contributed by atoms with van der Waals surface area (Å²) in [4.78, 5) is 7.56. The quantitative estimate of drug-likeness (QED) is 0.349. The molecule has 104 valence electrons. The van der Waals surface area contributed by atoms with Crippen LogP contribution >= 0.6 is 23.6 Å². The Labute approximate surface area is 123 Å². The zero-order valence-corrected chi connectivity index (χ0v) is 12.9. The maximum Gasteiger partial charge on any atom is 0.187 e. The number of aromatic nitrogens is 1. The van der Waals surface area contributed by atoms with E-state index >= 15 is 0 Å². The van der Waals surface area contributed by atoms with Crippen molar-refractivity contribution in [3.05, 3.63) is 23.7 Å². The summed E-state index contributed by atoms with van der Waals surface area (Å²) in [5, 5.41) is 8.48. The molecule has 1 aromatic heterocycles. The van der Waals surface area contributed by atoms with Crippen LogP contribution in [-0.4, -0.2) is 35.9 Å². The normalized spacial score (nSPS) is 10.4. The van der Waals surface area contributed by atoms with Crippen LogP contribution in [0, 0.1) is 0 Å². The van der Waals surface area contributed by atoms with Crippen molar-refractivity contribution in [2.75, 3.05) is 24.5 Å². The van der Waals surface area contributed by atoms with Crippen LogP contribution in [0.5, 0.6) is 0 Å². The molecule has 1 heterocycles.